The Morgan fingerprint density at radius 3 is 2.74 bits per heavy atom. The summed E-state index contributed by atoms with van der Waals surface area (Å²) in [5.74, 6) is 1.79. The van der Waals surface area contributed by atoms with Gasteiger partial charge in [0.05, 0.1) is 17.7 Å². The fourth-order valence-electron chi connectivity index (χ4n) is 2.98. The molecule has 2 aromatic heterocycles. The molecule has 3 rings (SSSR count). The van der Waals surface area contributed by atoms with Gasteiger partial charge in [-0.05, 0) is 19.3 Å². The summed E-state index contributed by atoms with van der Waals surface area (Å²) in [6.45, 7) is 8.14. The van der Waals surface area contributed by atoms with Crippen LogP contribution < -0.4 is 4.90 Å². The Morgan fingerprint density at radius 2 is 2.09 bits per heavy atom. The van der Waals surface area contributed by atoms with Gasteiger partial charge in [-0.1, -0.05) is 20.8 Å². The van der Waals surface area contributed by atoms with Crippen LogP contribution in [-0.4, -0.2) is 46.1 Å². The highest BCUT2D eigenvalue weighted by molar-refractivity contribution is 5.87. The lowest BCUT2D eigenvalue weighted by atomic mass is 9.95. The van der Waals surface area contributed by atoms with Crippen LogP contribution in [0.1, 0.15) is 45.9 Å². The molecule has 1 saturated heterocycles. The molecule has 1 fully saturated rings. The third-order valence-electron chi connectivity index (χ3n) is 4.36. The van der Waals surface area contributed by atoms with E-state index in [1.54, 1.807) is 0 Å². The van der Waals surface area contributed by atoms with Crippen molar-refractivity contribution < 1.29 is 4.74 Å². The van der Waals surface area contributed by atoms with Gasteiger partial charge in [-0.2, -0.15) is 5.10 Å². The average Bonchev–Trinajstić information content (AvgIpc) is 2.88. The molecule has 2 aromatic rings. The minimum absolute atomic E-state index is 0.102. The van der Waals surface area contributed by atoms with Crippen molar-refractivity contribution in [3.63, 3.8) is 0 Å². The molecule has 6 heteroatoms. The highest BCUT2D eigenvalue weighted by Gasteiger charge is 2.24. The van der Waals surface area contributed by atoms with Gasteiger partial charge in [-0.15, -0.1) is 0 Å². The van der Waals surface area contributed by atoms with E-state index in [0.29, 0.717) is 0 Å². The van der Waals surface area contributed by atoms with E-state index >= 15 is 0 Å². The summed E-state index contributed by atoms with van der Waals surface area (Å²) in [6, 6.07) is 0. The van der Waals surface area contributed by atoms with E-state index in [0.717, 1.165) is 42.2 Å². The van der Waals surface area contributed by atoms with Crippen LogP contribution in [0.15, 0.2) is 6.20 Å². The molecule has 0 spiro atoms. The van der Waals surface area contributed by atoms with E-state index in [1.807, 2.05) is 17.9 Å². The van der Waals surface area contributed by atoms with Crippen molar-refractivity contribution in [1.82, 2.24) is 19.7 Å². The number of nitrogens with zero attached hydrogens (tertiary/aromatic N) is 5. The fourth-order valence-corrected chi connectivity index (χ4v) is 2.98. The van der Waals surface area contributed by atoms with Crippen LogP contribution in [0.5, 0.6) is 0 Å². The van der Waals surface area contributed by atoms with E-state index < -0.39 is 0 Å². The molecule has 0 bridgehead atoms. The van der Waals surface area contributed by atoms with Gasteiger partial charge in [-0.25, -0.2) is 9.97 Å². The Balaban J connectivity index is 1.97. The Labute approximate surface area is 137 Å². The first kappa shape index (κ1) is 16.2. The number of hydrogen-bond donors (Lipinski definition) is 0. The minimum atomic E-state index is -0.102. The van der Waals surface area contributed by atoms with Crippen LogP contribution in [-0.2, 0) is 17.2 Å². The highest BCUT2D eigenvalue weighted by atomic mass is 16.5. The molecular weight excluding hydrogens is 290 g/mol. The van der Waals surface area contributed by atoms with Crippen molar-refractivity contribution >= 4 is 16.9 Å². The van der Waals surface area contributed by atoms with Crippen LogP contribution in [0.25, 0.3) is 11.0 Å². The summed E-state index contributed by atoms with van der Waals surface area (Å²) < 4.78 is 7.70. The standard InChI is InChI=1S/C17H27N5O/c1-17(2,3)16-19-14(13-10-18-22(5)15(13)20-16)21(4)11-12-8-6-7-9-23-12/h10,12H,6-9,11H2,1-5H3/t12-/m0/s1. The quantitative estimate of drug-likeness (QED) is 0.871. The zero-order valence-electron chi connectivity index (χ0n) is 14.8. The first-order chi connectivity index (χ1) is 10.9. The molecule has 0 radical (unpaired) electrons. The number of aromatic nitrogens is 4. The van der Waals surface area contributed by atoms with Crippen LogP contribution >= 0.6 is 0 Å². The van der Waals surface area contributed by atoms with Gasteiger partial charge in [0, 0.05) is 32.7 Å². The highest BCUT2D eigenvalue weighted by Crippen LogP contribution is 2.28. The number of rotatable bonds is 3. The molecule has 0 aliphatic carbocycles. The first-order valence-corrected chi connectivity index (χ1v) is 8.39. The summed E-state index contributed by atoms with van der Waals surface area (Å²) in [7, 11) is 4.01. The van der Waals surface area contributed by atoms with Crippen molar-refractivity contribution in [2.45, 2.75) is 51.6 Å². The van der Waals surface area contributed by atoms with E-state index in [2.05, 4.69) is 37.8 Å². The fraction of sp³-hybridized carbons (Fsp3) is 0.706. The maximum Gasteiger partial charge on any atom is 0.163 e. The maximum atomic E-state index is 5.88. The predicted molar refractivity (Wildman–Crippen MR) is 91.9 cm³/mol. The minimum Gasteiger partial charge on any atom is -0.376 e. The number of aryl methyl sites for hydroxylation is 1. The molecule has 1 aliphatic heterocycles. The second kappa shape index (κ2) is 6.07. The van der Waals surface area contributed by atoms with Crippen LogP contribution in [0, 0.1) is 0 Å². The number of ether oxygens (including phenoxy) is 1. The molecule has 0 unspecified atom stereocenters. The Hall–Kier alpha value is -1.69. The predicted octanol–water partition coefficient (Wildman–Crippen LogP) is 2.67. The van der Waals surface area contributed by atoms with Crippen molar-refractivity contribution in [3.05, 3.63) is 12.0 Å². The van der Waals surface area contributed by atoms with Crippen LogP contribution in [0.3, 0.4) is 0 Å². The van der Waals surface area contributed by atoms with Crippen molar-refractivity contribution in [1.29, 1.82) is 0 Å². The summed E-state index contributed by atoms with van der Waals surface area (Å²) >= 11 is 0. The Bertz CT molecular complexity index is 682. The van der Waals surface area contributed by atoms with Crippen molar-refractivity contribution in [3.8, 4) is 0 Å². The second-order valence-electron chi connectivity index (χ2n) is 7.50. The van der Waals surface area contributed by atoms with E-state index in [4.69, 9.17) is 14.7 Å². The van der Waals surface area contributed by atoms with Gasteiger partial charge in [0.2, 0.25) is 0 Å². The van der Waals surface area contributed by atoms with Gasteiger partial charge in [0.15, 0.2) is 5.65 Å². The molecule has 1 atom stereocenters. The van der Waals surface area contributed by atoms with Gasteiger partial charge < -0.3 is 9.64 Å². The second-order valence-corrected chi connectivity index (χ2v) is 7.50. The molecule has 6 nitrogen and oxygen atoms in total. The first-order valence-electron chi connectivity index (χ1n) is 8.39. The zero-order valence-corrected chi connectivity index (χ0v) is 14.8. The molecule has 3 heterocycles. The molecule has 126 valence electrons. The summed E-state index contributed by atoms with van der Waals surface area (Å²) in [6.07, 6.45) is 5.69. The lowest BCUT2D eigenvalue weighted by Crippen LogP contribution is -2.34. The third-order valence-corrected chi connectivity index (χ3v) is 4.36. The van der Waals surface area contributed by atoms with Gasteiger partial charge >= 0.3 is 0 Å². The zero-order chi connectivity index (χ0) is 16.6. The normalized spacial score (nSPS) is 19.3. The van der Waals surface area contributed by atoms with Crippen molar-refractivity contribution in [2.75, 3.05) is 25.1 Å². The SMILES string of the molecule is CN(C[C@@H]1CCCCO1)c1nc(C(C)(C)C)nc2c1cnn2C. The lowest BCUT2D eigenvalue weighted by Gasteiger charge is -2.29. The summed E-state index contributed by atoms with van der Waals surface area (Å²) in [5.41, 5.74) is 0.784. The van der Waals surface area contributed by atoms with Crippen LogP contribution in [0.2, 0.25) is 0 Å². The molecule has 0 aromatic carbocycles. The Kier molecular flexibility index (Phi) is 4.27. The van der Waals surface area contributed by atoms with E-state index in [-0.39, 0.29) is 11.5 Å². The summed E-state index contributed by atoms with van der Waals surface area (Å²) in [4.78, 5) is 11.8. The number of likely N-dealkylation sites (N-methyl/N-ethyl adjacent to an activating group) is 1. The number of hydrogen-bond acceptors (Lipinski definition) is 5. The summed E-state index contributed by atoms with van der Waals surface area (Å²) in [5, 5.41) is 5.36. The monoisotopic (exact) mass is 317 g/mol. The molecule has 0 amide bonds. The maximum absolute atomic E-state index is 5.88. The van der Waals surface area contributed by atoms with Gasteiger partial charge in [-0.3, -0.25) is 4.68 Å². The van der Waals surface area contributed by atoms with Gasteiger partial charge in [0.1, 0.15) is 11.6 Å². The Morgan fingerprint density at radius 1 is 1.30 bits per heavy atom. The molecule has 0 saturated carbocycles. The third kappa shape index (κ3) is 3.32. The largest absolute Gasteiger partial charge is 0.376 e. The smallest absolute Gasteiger partial charge is 0.163 e. The number of fused-ring (bicyclic) bond motifs is 1. The van der Waals surface area contributed by atoms with E-state index in [1.165, 1.54) is 12.8 Å². The molecule has 1 aliphatic rings. The lowest BCUT2D eigenvalue weighted by molar-refractivity contribution is 0.0215. The topological polar surface area (TPSA) is 56.1 Å². The molecule has 23 heavy (non-hydrogen) atoms. The van der Waals surface area contributed by atoms with Crippen LogP contribution in [0.4, 0.5) is 5.82 Å². The number of anilines is 1. The molecule has 0 N–H and O–H groups in total. The van der Waals surface area contributed by atoms with E-state index in [9.17, 15) is 0 Å². The molecular formula is C17H27N5O. The van der Waals surface area contributed by atoms with Gasteiger partial charge in [0.25, 0.3) is 0 Å². The average molecular weight is 317 g/mol. The van der Waals surface area contributed by atoms with Crippen molar-refractivity contribution in [2.24, 2.45) is 7.05 Å².